The second-order valence-corrected chi connectivity index (χ2v) is 17.9. The molecule has 12 atom stereocenters. The minimum absolute atomic E-state index is 0.0228. The van der Waals surface area contributed by atoms with E-state index in [9.17, 15) is 83.1 Å². The molecule has 0 aliphatic heterocycles. The Bertz CT molecular complexity index is 2300. The molecule has 1 aromatic carbocycles. The Labute approximate surface area is 446 Å². The first-order valence-corrected chi connectivity index (χ1v) is 24.1. The van der Waals surface area contributed by atoms with Gasteiger partial charge in [0.05, 0.1) is 24.9 Å². The number of phenols is 1. The molecule has 0 aliphatic rings. The molecule has 33 heteroatoms. The molecule has 0 radical (unpaired) electrons. The number of phenolic OH excluding ortho intramolecular Hbond substituents is 1. The fourth-order valence-electron chi connectivity index (χ4n) is 6.72. The molecule has 78 heavy (non-hydrogen) atoms. The van der Waals surface area contributed by atoms with Crippen molar-refractivity contribution >= 4 is 76.9 Å². The number of hydrogen-bond acceptors (Lipinski definition) is 19. The first kappa shape index (κ1) is 67.7. The molecular weight excluding hydrogens is 1040 g/mol. The van der Waals surface area contributed by atoms with Crippen molar-refractivity contribution < 1.29 is 88.2 Å². The van der Waals surface area contributed by atoms with E-state index in [1.807, 2.05) is 0 Å². The van der Waals surface area contributed by atoms with Gasteiger partial charge in [-0.05, 0) is 71.1 Å². The van der Waals surface area contributed by atoms with Crippen molar-refractivity contribution in [3.63, 3.8) is 0 Å². The van der Waals surface area contributed by atoms with E-state index in [0.717, 1.165) is 13.8 Å². The molecule has 0 aromatic heterocycles. The van der Waals surface area contributed by atoms with Gasteiger partial charge in [-0.3, -0.25) is 62.5 Å². The van der Waals surface area contributed by atoms with Crippen LogP contribution in [-0.4, -0.2) is 200 Å². The Kier molecular flexibility index (Phi) is 29.3. The molecule has 0 unspecified atom stereocenters. The maximum absolute atomic E-state index is 13.9. The lowest BCUT2D eigenvalue weighted by atomic mass is 10.0. The van der Waals surface area contributed by atoms with Gasteiger partial charge in [-0.2, -0.15) is 0 Å². The number of aromatic hydroxyl groups is 1. The summed E-state index contributed by atoms with van der Waals surface area (Å²) >= 11 is 0. The van der Waals surface area contributed by atoms with Crippen LogP contribution >= 0.6 is 0 Å². The highest BCUT2D eigenvalue weighted by molar-refractivity contribution is 5.99. The van der Waals surface area contributed by atoms with Gasteiger partial charge in [0, 0.05) is 25.8 Å². The summed E-state index contributed by atoms with van der Waals surface area (Å²) in [5.41, 5.74) is 27.3. The maximum Gasteiger partial charge on any atom is 0.322 e. The molecule has 0 fully saturated rings. The fraction of sp³-hybridized carbons (Fsp3) is 0.578. The van der Waals surface area contributed by atoms with Crippen molar-refractivity contribution in [2.75, 3.05) is 19.7 Å². The predicted octanol–water partition coefficient (Wildman–Crippen LogP) is -9.92. The SMILES string of the molecule is C[C@H](NC(=O)[C@@H](N)[C@@H](C)O)C(=O)N[C@@H](Cc1ccc(O)cc1)C(=O)N[C@@H](CO)C(=O)N[C@@H](CCC(N)=O)C(=O)N[C@@H](CCC(N)=O)C(=O)N[C@H](C(=O)N[C@H](C(=O)N[C@@H](CCCN=C(N)N)C(=O)NCC(=O)O)[C@@H](C)O)[C@@H](C)O. The topological polar surface area (TPSA) is 577 Å². The number of nitrogens with one attached hydrogen (secondary N) is 9. The molecular formula is C45H73N15O18. The second-order valence-electron chi connectivity index (χ2n) is 17.9. The second kappa shape index (κ2) is 33.7. The van der Waals surface area contributed by atoms with Gasteiger partial charge in [-0.25, -0.2) is 0 Å². The number of nitrogens with two attached hydrogens (primary N) is 5. The average Bonchev–Trinajstić information content (AvgIpc) is 3.35. The predicted molar refractivity (Wildman–Crippen MR) is 270 cm³/mol. The maximum atomic E-state index is 13.9. The third-order valence-electron chi connectivity index (χ3n) is 11.1. The number of carboxylic acid groups (broad SMARTS) is 1. The van der Waals surface area contributed by atoms with E-state index in [0.29, 0.717) is 5.56 Å². The number of aliphatic hydroxyl groups excluding tert-OH is 4. The van der Waals surface area contributed by atoms with Crippen molar-refractivity contribution in [1.82, 2.24) is 47.9 Å². The molecule has 1 aromatic rings. The Morgan fingerprint density at radius 3 is 1.41 bits per heavy atom. The lowest BCUT2D eigenvalue weighted by molar-refractivity contribution is -0.139. The Morgan fingerprint density at radius 1 is 0.526 bits per heavy atom. The van der Waals surface area contributed by atoms with Crippen molar-refractivity contribution in [3.8, 4) is 5.75 Å². The van der Waals surface area contributed by atoms with Crippen LogP contribution in [0.1, 0.15) is 71.8 Å². The van der Waals surface area contributed by atoms with Crippen LogP contribution in [0.4, 0.5) is 0 Å². The zero-order valence-corrected chi connectivity index (χ0v) is 43.2. The van der Waals surface area contributed by atoms with Crippen LogP contribution in [0.3, 0.4) is 0 Å². The van der Waals surface area contributed by atoms with Crippen LogP contribution in [0.2, 0.25) is 0 Å². The van der Waals surface area contributed by atoms with Crippen LogP contribution in [0.15, 0.2) is 29.3 Å². The molecule has 0 aliphatic carbocycles. The number of aliphatic hydroxyl groups is 4. The van der Waals surface area contributed by atoms with Gasteiger partial charge in [0.2, 0.25) is 65.0 Å². The largest absolute Gasteiger partial charge is 0.508 e. The number of carbonyl (C=O) groups excluding carboxylic acids is 11. The molecule has 25 N–H and O–H groups in total. The number of benzene rings is 1. The van der Waals surface area contributed by atoms with E-state index in [-0.39, 0.29) is 37.5 Å². The molecule has 0 heterocycles. The number of guanidine groups is 1. The van der Waals surface area contributed by atoms with Crippen LogP contribution in [0, 0.1) is 0 Å². The minimum atomic E-state index is -2.01. The number of primary amides is 2. The molecule has 0 bridgehead atoms. The van der Waals surface area contributed by atoms with Crippen molar-refractivity contribution in [1.29, 1.82) is 0 Å². The summed E-state index contributed by atoms with van der Waals surface area (Å²) in [5.74, 6) is -14.1. The smallest absolute Gasteiger partial charge is 0.322 e. The monoisotopic (exact) mass is 1110 g/mol. The number of amides is 11. The number of nitrogens with zero attached hydrogens (tertiary/aromatic N) is 1. The zero-order chi connectivity index (χ0) is 59.6. The average molecular weight is 1110 g/mol. The molecule has 33 nitrogen and oxygen atoms in total. The van der Waals surface area contributed by atoms with Gasteiger partial charge in [0.1, 0.15) is 66.7 Å². The van der Waals surface area contributed by atoms with Crippen molar-refractivity contribution in [2.45, 2.75) is 145 Å². The highest BCUT2D eigenvalue weighted by Gasteiger charge is 2.37. The standard InChI is InChI=1S/C45H73N15O18/c1-19(53-42(76)33(48)20(2)62)36(70)57-28(16-23-7-9-24(65)10-8-23)40(74)58-29(18-61)41(75)55-26(11-13-30(46)66)38(72)54-27(12-14-31(47)67)39(73)59-35(22(4)64)44(78)60-34(21(3)63)43(77)56-25(6-5-15-51-45(49)50)37(71)52-17-32(68)69/h7-10,19-22,25-29,33-35,61-65H,5-6,11-18,48H2,1-4H3,(H2,46,66)(H2,47,67)(H,52,71)(H,53,76)(H,54,72)(H,55,75)(H,56,77)(H,57,70)(H,58,74)(H,59,73)(H,60,78)(H,68,69)(H4,49,50,51)/t19-,20+,21+,22+,25-,26-,27-,28-,29-,33-,34-,35-/m0/s1. The van der Waals surface area contributed by atoms with Gasteiger partial charge >= 0.3 is 5.97 Å². The zero-order valence-electron chi connectivity index (χ0n) is 43.2. The molecule has 11 amide bonds. The molecule has 0 spiro atoms. The third kappa shape index (κ3) is 25.0. The van der Waals surface area contributed by atoms with Crippen LogP contribution in [-0.2, 0) is 64.0 Å². The Balaban J connectivity index is 3.45. The number of hydrogen-bond donors (Lipinski definition) is 20. The van der Waals surface area contributed by atoms with E-state index in [1.54, 1.807) is 0 Å². The summed E-state index contributed by atoms with van der Waals surface area (Å²) in [6.45, 7) is 2.53. The summed E-state index contributed by atoms with van der Waals surface area (Å²) in [7, 11) is 0. The molecule has 1 rings (SSSR count). The number of aliphatic carboxylic acids is 1. The summed E-state index contributed by atoms with van der Waals surface area (Å²) in [5, 5.41) is 80.0. The normalized spacial score (nSPS) is 15.6. The number of carboxylic acids is 1. The van der Waals surface area contributed by atoms with Crippen LogP contribution < -0.4 is 76.5 Å². The molecule has 0 saturated carbocycles. The minimum Gasteiger partial charge on any atom is -0.508 e. The van der Waals surface area contributed by atoms with Gasteiger partial charge in [-0.15, -0.1) is 0 Å². The number of rotatable bonds is 35. The number of aliphatic imine (C=N–C) groups is 1. The molecule has 436 valence electrons. The van der Waals surface area contributed by atoms with Crippen molar-refractivity contribution in [2.24, 2.45) is 33.7 Å². The lowest BCUT2D eigenvalue weighted by Gasteiger charge is -2.29. The van der Waals surface area contributed by atoms with Gasteiger partial charge in [0.15, 0.2) is 5.96 Å². The summed E-state index contributed by atoms with van der Waals surface area (Å²) < 4.78 is 0. The van der Waals surface area contributed by atoms with E-state index in [1.165, 1.54) is 38.1 Å². The van der Waals surface area contributed by atoms with Gasteiger partial charge in [-0.1, -0.05) is 12.1 Å². The van der Waals surface area contributed by atoms with Gasteiger partial charge < -0.3 is 107 Å². The van der Waals surface area contributed by atoms with Crippen LogP contribution in [0.5, 0.6) is 5.75 Å². The fourth-order valence-corrected chi connectivity index (χ4v) is 6.72. The summed E-state index contributed by atoms with van der Waals surface area (Å²) in [6, 6.07) is -9.97. The first-order chi connectivity index (χ1) is 36.4. The Morgan fingerprint density at radius 2 is 0.949 bits per heavy atom. The molecule has 0 saturated heterocycles. The lowest BCUT2D eigenvalue weighted by Crippen LogP contribution is -2.63. The highest BCUT2D eigenvalue weighted by atomic mass is 16.4. The van der Waals surface area contributed by atoms with Crippen LogP contribution in [0.25, 0.3) is 0 Å². The highest BCUT2D eigenvalue weighted by Crippen LogP contribution is 2.13. The third-order valence-corrected chi connectivity index (χ3v) is 11.1. The Hall–Kier alpha value is -8.27. The summed E-state index contributed by atoms with van der Waals surface area (Å²) in [6.07, 6.45) is -7.66. The van der Waals surface area contributed by atoms with E-state index < -0.39 is 182 Å². The van der Waals surface area contributed by atoms with E-state index in [2.05, 4.69) is 52.8 Å². The first-order valence-electron chi connectivity index (χ1n) is 24.1. The summed E-state index contributed by atoms with van der Waals surface area (Å²) in [4.78, 5) is 160. The number of carbonyl (C=O) groups is 12. The van der Waals surface area contributed by atoms with E-state index >= 15 is 0 Å². The van der Waals surface area contributed by atoms with E-state index in [4.69, 9.17) is 33.8 Å². The van der Waals surface area contributed by atoms with Crippen molar-refractivity contribution in [3.05, 3.63) is 29.8 Å². The van der Waals surface area contributed by atoms with Gasteiger partial charge in [0.25, 0.3) is 0 Å². The quantitative estimate of drug-likeness (QED) is 0.0170.